The molecule has 2 unspecified atom stereocenters. The van der Waals surface area contributed by atoms with E-state index < -0.39 is 10.0 Å². The third-order valence-electron chi connectivity index (χ3n) is 3.61. The lowest BCUT2D eigenvalue weighted by atomic mass is 9.65. The van der Waals surface area contributed by atoms with E-state index in [9.17, 15) is 8.42 Å². The number of rotatable bonds is 7. The van der Waals surface area contributed by atoms with Crippen molar-refractivity contribution in [2.75, 3.05) is 19.5 Å². The Kier molecular flexibility index (Phi) is 4.95. The van der Waals surface area contributed by atoms with Crippen LogP contribution < -0.4 is 4.72 Å². The number of aliphatic hydroxyl groups excluding tert-OH is 1. The molecule has 0 spiro atoms. The molecule has 1 aliphatic carbocycles. The zero-order valence-corrected chi connectivity index (χ0v) is 11.6. The van der Waals surface area contributed by atoms with Gasteiger partial charge in [-0.2, -0.15) is 0 Å². The molecule has 2 atom stereocenters. The highest BCUT2D eigenvalue weighted by molar-refractivity contribution is 7.89. The van der Waals surface area contributed by atoms with Crippen LogP contribution in [0.5, 0.6) is 0 Å². The van der Waals surface area contributed by atoms with Crippen molar-refractivity contribution in [2.24, 2.45) is 5.41 Å². The molecule has 0 heterocycles. The predicted octanol–water partition coefficient (Wildman–Crippen LogP) is 0.492. The Bertz CT molecular complexity index is 339. The molecule has 0 saturated heterocycles. The summed E-state index contributed by atoms with van der Waals surface area (Å²) < 4.78 is 31.5. The Labute approximate surface area is 104 Å². The minimum absolute atomic E-state index is 0.0379. The summed E-state index contributed by atoms with van der Waals surface area (Å²) in [5.41, 5.74) is -0.154. The van der Waals surface area contributed by atoms with Crippen LogP contribution in [0.4, 0.5) is 0 Å². The summed E-state index contributed by atoms with van der Waals surface area (Å²) >= 11 is 0. The second-order valence-corrected chi connectivity index (χ2v) is 7.07. The second-order valence-electron chi connectivity index (χ2n) is 5.20. The SMILES string of the molecule is COC1CC(NS(=O)(=O)CCCCO)C1(C)C. The van der Waals surface area contributed by atoms with Crippen LogP contribution in [0, 0.1) is 5.41 Å². The quantitative estimate of drug-likeness (QED) is 0.657. The Morgan fingerprint density at radius 3 is 2.53 bits per heavy atom. The molecular weight excluding hydrogens is 242 g/mol. The normalized spacial score (nSPS) is 27.8. The molecule has 0 radical (unpaired) electrons. The van der Waals surface area contributed by atoms with Crippen LogP contribution >= 0.6 is 0 Å². The summed E-state index contributed by atoms with van der Waals surface area (Å²) in [5.74, 6) is 0.0811. The first-order chi connectivity index (χ1) is 7.83. The number of hydrogen-bond acceptors (Lipinski definition) is 4. The molecule has 1 aliphatic rings. The monoisotopic (exact) mass is 265 g/mol. The fourth-order valence-corrected chi connectivity index (χ4v) is 3.70. The van der Waals surface area contributed by atoms with Gasteiger partial charge in [-0.25, -0.2) is 13.1 Å². The number of hydrogen-bond donors (Lipinski definition) is 2. The Balaban J connectivity index is 2.45. The summed E-state index contributed by atoms with van der Waals surface area (Å²) in [7, 11) is -1.58. The van der Waals surface area contributed by atoms with E-state index in [1.165, 1.54) is 0 Å². The van der Waals surface area contributed by atoms with Crippen LogP contribution in [0.1, 0.15) is 33.1 Å². The van der Waals surface area contributed by atoms with E-state index in [0.717, 1.165) is 6.42 Å². The standard InChI is InChI=1S/C11H23NO4S/c1-11(2)9(8-10(11)16-3)12-17(14,15)7-5-4-6-13/h9-10,12-13H,4-8H2,1-3H3. The molecule has 0 amide bonds. The van der Waals surface area contributed by atoms with Crippen LogP contribution in [0.3, 0.4) is 0 Å². The van der Waals surface area contributed by atoms with Gasteiger partial charge in [-0.1, -0.05) is 13.8 Å². The molecule has 2 N–H and O–H groups in total. The van der Waals surface area contributed by atoms with E-state index in [0.29, 0.717) is 12.8 Å². The number of methoxy groups -OCH3 is 1. The topological polar surface area (TPSA) is 75.6 Å². The smallest absolute Gasteiger partial charge is 0.211 e. The van der Waals surface area contributed by atoms with E-state index >= 15 is 0 Å². The Morgan fingerprint density at radius 2 is 2.06 bits per heavy atom. The average molecular weight is 265 g/mol. The lowest BCUT2D eigenvalue weighted by Gasteiger charge is -2.51. The van der Waals surface area contributed by atoms with Gasteiger partial charge in [0.1, 0.15) is 0 Å². The van der Waals surface area contributed by atoms with Crippen molar-refractivity contribution in [3.8, 4) is 0 Å². The number of ether oxygens (including phenoxy) is 1. The van der Waals surface area contributed by atoms with Gasteiger partial charge in [0, 0.05) is 25.2 Å². The van der Waals surface area contributed by atoms with Gasteiger partial charge in [-0.05, 0) is 19.3 Å². The number of aliphatic hydroxyl groups is 1. The van der Waals surface area contributed by atoms with Crippen molar-refractivity contribution in [1.82, 2.24) is 4.72 Å². The van der Waals surface area contributed by atoms with Crippen LogP contribution in [0.15, 0.2) is 0 Å². The fraction of sp³-hybridized carbons (Fsp3) is 1.00. The van der Waals surface area contributed by atoms with E-state index in [1.807, 2.05) is 13.8 Å². The van der Waals surface area contributed by atoms with Crippen molar-refractivity contribution in [1.29, 1.82) is 0 Å². The molecule has 0 aliphatic heterocycles. The first-order valence-corrected chi connectivity index (χ1v) is 7.62. The molecule has 5 nitrogen and oxygen atoms in total. The second kappa shape index (κ2) is 5.65. The molecule has 6 heteroatoms. The highest BCUT2D eigenvalue weighted by atomic mass is 32.2. The number of unbranched alkanes of at least 4 members (excludes halogenated alkanes) is 1. The van der Waals surface area contributed by atoms with Crippen molar-refractivity contribution in [2.45, 2.75) is 45.3 Å². The molecule has 0 aromatic carbocycles. The molecule has 0 aromatic heterocycles. The maximum Gasteiger partial charge on any atom is 0.211 e. The zero-order chi connectivity index (χ0) is 13.1. The van der Waals surface area contributed by atoms with Crippen molar-refractivity contribution < 1.29 is 18.3 Å². The molecule has 17 heavy (non-hydrogen) atoms. The first kappa shape index (κ1) is 14.9. The van der Waals surface area contributed by atoms with Gasteiger partial charge in [-0.3, -0.25) is 0 Å². The van der Waals surface area contributed by atoms with Gasteiger partial charge in [0.2, 0.25) is 10.0 Å². The molecule has 1 fully saturated rings. The average Bonchev–Trinajstić information content (AvgIpc) is 2.24. The predicted molar refractivity (Wildman–Crippen MR) is 66.2 cm³/mol. The van der Waals surface area contributed by atoms with Gasteiger partial charge in [-0.15, -0.1) is 0 Å². The summed E-state index contributed by atoms with van der Waals surface area (Å²) in [6.45, 7) is 4.05. The molecule has 0 aromatic rings. The lowest BCUT2D eigenvalue weighted by molar-refractivity contribution is -0.0908. The summed E-state index contributed by atoms with van der Waals surface area (Å²) in [6.07, 6.45) is 1.86. The summed E-state index contributed by atoms with van der Waals surface area (Å²) in [4.78, 5) is 0. The van der Waals surface area contributed by atoms with Gasteiger partial charge >= 0.3 is 0 Å². The highest BCUT2D eigenvalue weighted by Crippen LogP contribution is 2.42. The minimum atomic E-state index is -3.23. The summed E-state index contributed by atoms with van der Waals surface area (Å²) in [5, 5.41) is 8.62. The van der Waals surface area contributed by atoms with Crippen molar-refractivity contribution in [3.05, 3.63) is 0 Å². The minimum Gasteiger partial charge on any atom is -0.396 e. The Morgan fingerprint density at radius 1 is 1.41 bits per heavy atom. The molecule has 0 bridgehead atoms. The van der Waals surface area contributed by atoms with E-state index in [4.69, 9.17) is 9.84 Å². The van der Waals surface area contributed by atoms with Crippen molar-refractivity contribution >= 4 is 10.0 Å². The molecule has 1 rings (SSSR count). The van der Waals surface area contributed by atoms with Gasteiger partial charge < -0.3 is 9.84 Å². The van der Waals surface area contributed by atoms with Gasteiger partial charge in [0.15, 0.2) is 0 Å². The summed E-state index contributed by atoms with van der Waals surface area (Å²) in [6, 6.07) is -0.0495. The fourth-order valence-electron chi connectivity index (χ4n) is 2.16. The third kappa shape index (κ3) is 3.64. The van der Waals surface area contributed by atoms with Crippen molar-refractivity contribution in [3.63, 3.8) is 0 Å². The third-order valence-corrected chi connectivity index (χ3v) is 5.08. The maximum atomic E-state index is 11.8. The van der Waals surface area contributed by atoms with E-state index in [-0.39, 0.29) is 29.9 Å². The number of nitrogens with one attached hydrogen (secondary N) is 1. The van der Waals surface area contributed by atoms with Gasteiger partial charge in [0.25, 0.3) is 0 Å². The zero-order valence-electron chi connectivity index (χ0n) is 10.8. The van der Waals surface area contributed by atoms with E-state index in [2.05, 4.69) is 4.72 Å². The highest BCUT2D eigenvalue weighted by Gasteiger charge is 2.49. The lowest BCUT2D eigenvalue weighted by Crippen LogP contribution is -2.61. The van der Waals surface area contributed by atoms with Crippen LogP contribution in [0.2, 0.25) is 0 Å². The van der Waals surface area contributed by atoms with E-state index in [1.54, 1.807) is 7.11 Å². The van der Waals surface area contributed by atoms with Crippen LogP contribution in [-0.4, -0.2) is 45.1 Å². The Hall–Kier alpha value is -0.170. The first-order valence-electron chi connectivity index (χ1n) is 5.97. The maximum absolute atomic E-state index is 11.8. The van der Waals surface area contributed by atoms with Gasteiger partial charge in [0.05, 0.1) is 11.9 Å². The largest absolute Gasteiger partial charge is 0.396 e. The van der Waals surface area contributed by atoms with Crippen LogP contribution in [0.25, 0.3) is 0 Å². The molecule has 102 valence electrons. The number of sulfonamides is 1. The molecular formula is C11H23NO4S. The molecule has 1 saturated carbocycles. The van der Waals surface area contributed by atoms with Crippen LogP contribution in [-0.2, 0) is 14.8 Å².